The van der Waals surface area contributed by atoms with Crippen LogP contribution in [0.1, 0.15) is 92.2 Å². The van der Waals surface area contributed by atoms with Crippen LogP contribution in [0, 0.1) is 12.1 Å². The highest BCUT2D eigenvalue weighted by atomic mass is 14.5. The monoisotopic (exact) mass is 530 g/mol. The van der Waals surface area contributed by atoms with Gasteiger partial charge in [-0.25, -0.2) is 0 Å². The van der Waals surface area contributed by atoms with Crippen molar-refractivity contribution in [3.8, 4) is 22.3 Å². The summed E-state index contributed by atoms with van der Waals surface area (Å²) in [5.74, 6) is 0. The van der Waals surface area contributed by atoms with Crippen molar-refractivity contribution < 1.29 is 0 Å². The molecule has 0 N–H and O–H groups in total. The Balaban J connectivity index is 1.45. The molecule has 0 amide bonds. The van der Waals surface area contributed by atoms with Crippen LogP contribution in [0.3, 0.4) is 0 Å². The van der Waals surface area contributed by atoms with E-state index in [0.717, 1.165) is 0 Å². The summed E-state index contributed by atoms with van der Waals surface area (Å²) in [6.07, 6.45) is 9.12. The zero-order valence-electron chi connectivity index (χ0n) is 24.3. The normalized spacial score (nSPS) is 17.3. The predicted octanol–water partition coefficient (Wildman–Crippen LogP) is 10.7. The maximum atomic E-state index is 3.59. The van der Waals surface area contributed by atoms with Crippen molar-refractivity contribution in [2.24, 2.45) is 0 Å². The first-order valence-electron chi connectivity index (χ1n) is 15.5. The van der Waals surface area contributed by atoms with Gasteiger partial charge in [0.05, 0.1) is 5.41 Å². The Hall–Kier alpha value is -4.08. The molecule has 41 heavy (non-hydrogen) atoms. The SMILES string of the molecule is CCCCCCCCC1(C)c2ccccc2-c2cc3c(cc21)-c1c#cccc1C3(c1ccccc1)c1ccccc1. The average molecular weight is 531 g/mol. The van der Waals surface area contributed by atoms with Crippen molar-refractivity contribution in [1.82, 2.24) is 0 Å². The molecule has 0 bridgehead atoms. The highest BCUT2D eigenvalue weighted by Crippen LogP contribution is 2.60. The molecule has 1 atom stereocenters. The first-order chi connectivity index (χ1) is 20.2. The number of rotatable bonds is 9. The van der Waals surface area contributed by atoms with Crippen LogP contribution in [0.5, 0.6) is 0 Å². The van der Waals surface area contributed by atoms with Crippen molar-refractivity contribution in [2.45, 2.75) is 69.6 Å². The second-order valence-corrected chi connectivity index (χ2v) is 12.2. The van der Waals surface area contributed by atoms with Gasteiger partial charge < -0.3 is 0 Å². The van der Waals surface area contributed by atoms with E-state index in [9.17, 15) is 0 Å². The van der Waals surface area contributed by atoms with E-state index in [1.807, 2.05) is 6.07 Å². The van der Waals surface area contributed by atoms with Crippen molar-refractivity contribution in [3.05, 3.63) is 155 Å². The standard InChI is InChI=1S/C41H38/c1-3-4-5-6-7-18-27-40(2)36-25-16-14-23-32(36)34-29-39-35(28-38(34)40)33-24-15-17-26-37(33)41(39,30-19-10-8-11-20-30)31-21-12-9-13-22-31/h8-14,16-17,19-23,25-26,28-29H,3-7,18,27H2,1-2H3. The fraction of sp³-hybridized carbons (Fsp3) is 0.268. The number of unbranched alkanes of at least 4 members (excludes halogenated alkanes) is 5. The summed E-state index contributed by atoms with van der Waals surface area (Å²) < 4.78 is 0. The van der Waals surface area contributed by atoms with Gasteiger partial charge in [-0.2, -0.15) is 0 Å². The van der Waals surface area contributed by atoms with Gasteiger partial charge in [0.25, 0.3) is 0 Å². The van der Waals surface area contributed by atoms with Crippen molar-refractivity contribution >= 4 is 0 Å². The second kappa shape index (κ2) is 10.4. The minimum Gasteiger partial charge on any atom is -0.0696 e. The van der Waals surface area contributed by atoms with Gasteiger partial charge in [0.1, 0.15) is 0 Å². The molecule has 0 saturated heterocycles. The van der Waals surface area contributed by atoms with Crippen LogP contribution in [0.2, 0.25) is 0 Å². The van der Waals surface area contributed by atoms with Gasteiger partial charge in [0, 0.05) is 11.0 Å². The summed E-state index contributed by atoms with van der Waals surface area (Å²) in [4.78, 5) is 0. The minimum atomic E-state index is -0.402. The zero-order valence-corrected chi connectivity index (χ0v) is 24.3. The van der Waals surface area contributed by atoms with E-state index < -0.39 is 5.41 Å². The molecule has 0 aliphatic heterocycles. The summed E-state index contributed by atoms with van der Waals surface area (Å²) in [5.41, 5.74) is 13.1. The van der Waals surface area contributed by atoms with Crippen LogP contribution < -0.4 is 0 Å². The Labute approximate surface area is 246 Å². The number of benzene rings is 4. The Bertz CT molecular complexity index is 1640. The van der Waals surface area contributed by atoms with Crippen LogP contribution in [-0.4, -0.2) is 0 Å². The molecule has 7 rings (SSSR count). The highest BCUT2D eigenvalue weighted by Gasteiger charge is 2.49. The van der Waals surface area contributed by atoms with E-state index in [-0.39, 0.29) is 5.41 Å². The van der Waals surface area contributed by atoms with E-state index in [0.29, 0.717) is 0 Å². The molecule has 0 heterocycles. The lowest BCUT2D eigenvalue weighted by Crippen LogP contribution is -2.28. The smallest absolute Gasteiger partial charge is 0.0696 e. The molecule has 0 nitrogen and oxygen atoms in total. The molecule has 0 saturated carbocycles. The topological polar surface area (TPSA) is 0 Å². The highest BCUT2D eigenvalue weighted by molar-refractivity contribution is 5.92. The summed E-state index contributed by atoms with van der Waals surface area (Å²) in [6, 6.07) is 47.6. The Morgan fingerprint density at radius 1 is 0.561 bits per heavy atom. The third-order valence-electron chi connectivity index (χ3n) is 9.88. The predicted molar refractivity (Wildman–Crippen MR) is 171 cm³/mol. The van der Waals surface area contributed by atoms with Gasteiger partial charge in [-0.15, -0.1) is 0 Å². The summed E-state index contributed by atoms with van der Waals surface area (Å²) in [6.45, 7) is 4.79. The fourth-order valence-electron chi connectivity index (χ4n) is 7.89. The van der Waals surface area contributed by atoms with Gasteiger partial charge in [0.2, 0.25) is 0 Å². The number of hydrogen-bond acceptors (Lipinski definition) is 0. The zero-order chi connectivity index (χ0) is 27.9. The molecule has 1 unspecified atom stereocenters. The van der Waals surface area contributed by atoms with E-state index in [1.165, 1.54) is 101 Å². The van der Waals surface area contributed by atoms with E-state index in [4.69, 9.17) is 0 Å². The molecule has 202 valence electrons. The van der Waals surface area contributed by atoms with Crippen LogP contribution in [0.25, 0.3) is 22.3 Å². The molecule has 0 spiro atoms. The first kappa shape index (κ1) is 25.9. The van der Waals surface area contributed by atoms with Crippen LogP contribution in [-0.2, 0) is 10.8 Å². The van der Waals surface area contributed by atoms with E-state index >= 15 is 0 Å². The Kier molecular flexibility index (Phi) is 6.55. The molecule has 0 radical (unpaired) electrons. The first-order valence-corrected chi connectivity index (χ1v) is 15.5. The van der Waals surface area contributed by atoms with Crippen molar-refractivity contribution in [3.63, 3.8) is 0 Å². The largest absolute Gasteiger partial charge is 0.0720 e. The summed E-state index contributed by atoms with van der Waals surface area (Å²) >= 11 is 0. The molecule has 0 aromatic heterocycles. The third-order valence-corrected chi connectivity index (χ3v) is 9.88. The quantitative estimate of drug-likeness (QED) is 0.163. The van der Waals surface area contributed by atoms with Gasteiger partial charge in [0.15, 0.2) is 0 Å². The lowest BCUT2D eigenvalue weighted by Gasteiger charge is -2.34. The lowest BCUT2D eigenvalue weighted by atomic mass is 9.67. The number of fused-ring (bicyclic) bond motifs is 6. The second-order valence-electron chi connectivity index (χ2n) is 12.2. The molecule has 5 aromatic carbocycles. The molecule has 2 aliphatic carbocycles. The van der Waals surface area contributed by atoms with Crippen LogP contribution in [0.15, 0.2) is 109 Å². The van der Waals surface area contributed by atoms with Gasteiger partial charge >= 0.3 is 0 Å². The molecule has 2 aliphatic rings. The van der Waals surface area contributed by atoms with E-state index in [1.54, 1.807) is 0 Å². The van der Waals surface area contributed by atoms with Crippen LogP contribution >= 0.6 is 0 Å². The van der Waals surface area contributed by atoms with Crippen LogP contribution in [0.4, 0.5) is 0 Å². The van der Waals surface area contributed by atoms with Gasteiger partial charge in [-0.1, -0.05) is 149 Å². The van der Waals surface area contributed by atoms with E-state index in [2.05, 4.69) is 129 Å². The molecular formula is C41H38. The van der Waals surface area contributed by atoms with Gasteiger partial charge in [-0.3, -0.25) is 0 Å². The number of hydrogen-bond donors (Lipinski definition) is 0. The fourth-order valence-corrected chi connectivity index (χ4v) is 7.89. The summed E-state index contributed by atoms with van der Waals surface area (Å²) in [5, 5.41) is 0. The summed E-state index contributed by atoms with van der Waals surface area (Å²) in [7, 11) is 0. The Morgan fingerprint density at radius 3 is 1.93 bits per heavy atom. The average Bonchev–Trinajstić information content (AvgIpc) is 3.46. The lowest BCUT2D eigenvalue weighted by molar-refractivity contribution is 0.481. The van der Waals surface area contributed by atoms with Crippen molar-refractivity contribution in [2.75, 3.05) is 0 Å². The minimum absolute atomic E-state index is 0.00904. The Morgan fingerprint density at radius 2 is 1.20 bits per heavy atom. The van der Waals surface area contributed by atoms with Gasteiger partial charge in [-0.05, 0) is 80.8 Å². The molecule has 5 aromatic rings. The maximum absolute atomic E-state index is 3.59. The third kappa shape index (κ3) is 3.90. The molecular weight excluding hydrogens is 492 g/mol. The maximum Gasteiger partial charge on any atom is 0.0720 e. The molecule has 0 fully saturated rings. The van der Waals surface area contributed by atoms with Crippen molar-refractivity contribution in [1.29, 1.82) is 0 Å². The molecule has 0 heteroatoms.